The first-order chi connectivity index (χ1) is 6.77. The second-order valence-corrected chi connectivity index (χ2v) is 3.25. The number of hydrogen-bond acceptors (Lipinski definition) is 2. The van der Waals surface area contributed by atoms with Crippen molar-refractivity contribution in [2.24, 2.45) is 0 Å². The molecule has 0 saturated carbocycles. The van der Waals surface area contributed by atoms with Crippen LogP contribution in [0.4, 0.5) is 11.4 Å². The van der Waals surface area contributed by atoms with E-state index in [0.29, 0.717) is 0 Å². The summed E-state index contributed by atoms with van der Waals surface area (Å²) in [4.78, 5) is 2.31. The smallest absolute Gasteiger partial charge is 0.0367 e. The van der Waals surface area contributed by atoms with E-state index < -0.39 is 0 Å². The monoisotopic (exact) mass is 190 g/mol. The summed E-state index contributed by atoms with van der Waals surface area (Å²) in [6.45, 7) is 7.91. The molecule has 0 unspecified atom stereocenters. The molecule has 1 rings (SSSR count). The fourth-order valence-corrected chi connectivity index (χ4v) is 1.40. The largest absolute Gasteiger partial charge is 0.399 e. The molecule has 76 valence electrons. The van der Waals surface area contributed by atoms with Crippen LogP contribution in [0, 0.1) is 0 Å². The van der Waals surface area contributed by atoms with Crippen molar-refractivity contribution in [3.05, 3.63) is 36.9 Å². The summed E-state index contributed by atoms with van der Waals surface area (Å²) in [5, 5.41) is 0. The van der Waals surface area contributed by atoms with E-state index in [-0.39, 0.29) is 0 Å². The highest BCUT2D eigenvalue weighted by atomic mass is 15.1. The topological polar surface area (TPSA) is 29.3 Å². The van der Waals surface area contributed by atoms with Gasteiger partial charge in [-0.2, -0.15) is 0 Å². The Morgan fingerprint density at radius 2 is 2.00 bits per heavy atom. The molecule has 0 fully saturated rings. The Balaban J connectivity index is 2.68. The minimum absolute atomic E-state index is 0.813. The van der Waals surface area contributed by atoms with Gasteiger partial charge in [0.15, 0.2) is 0 Å². The Labute approximate surface area is 86.0 Å². The van der Waals surface area contributed by atoms with Gasteiger partial charge in [-0.15, -0.1) is 6.58 Å². The number of nitrogen functional groups attached to an aromatic ring is 1. The quantitative estimate of drug-likeness (QED) is 0.571. The number of nitrogens with two attached hydrogens (primary N) is 1. The van der Waals surface area contributed by atoms with Gasteiger partial charge in [0, 0.05) is 24.5 Å². The Morgan fingerprint density at radius 3 is 2.50 bits per heavy atom. The molecule has 0 aromatic heterocycles. The van der Waals surface area contributed by atoms with Crippen LogP contribution >= 0.6 is 0 Å². The molecular weight excluding hydrogens is 172 g/mol. The van der Waals surface area contributed by atoms with Crippen molar-refractivity contribution in [1.29, 1.82) is 0 Å². The van der Waals surface area contributed by atoms with Crippen molar-refractivity contribution in [2.45, 2.75) is 13.3 Å². The molecular formula is C12H18N2. The lowest BCUT2D eigenvalue weighted by Crippen LogP contribution is -2.23. The highest BCUT2D eigenvalue weighted by Crippen LogP contribution is 2.16. The summed E-state index contributed by atoms with van der Waals surface area (Å²) in [5.41, 5.74) is 7.67. The molecule has 2 N–H and O–H groups in total. The molecule has 0 bridgehead atoms. The van der Waals surface area contributed by atoms with Gasteiger partial charge in [-0.25, -0.2) is 0 Å². The second kappa shape index (κ2) is 5.32. The fourth-order valence-electron chi connectivity index (χ4n) is 1.40. The van der Waals surface area contributed by atoms with E-state index in [0.717, 1.165) is 25.2 Å². The van der Waals surface area contributed by atoms with Gasteiger partial charge >= 0.3 is 0 Å². The van der Waals surface area contributed by atoms with Crippen molar-refractivity contribution >= 4 is 11.4 Å². The van der Waals surface area contributed by atoms with Crippen LogP contribution in [0.2, 0.25) is 0 Å². The molecule has 1 aromatic carbocycles. The van der Waals surface area contributed by atoms with Crippen LogP contribution in [-0.2, 0) is 0 Å². The van der Waals surface area contributed by atoms with Crippen molar-refractivity contribution < 1.29 is 0 Å². The SMILES string of the molecule is C=CCCN(CC)c1ccc(N)cc1. The van der Waals surface area contributed by atoms with Crippen molar-refractivity contribution in [1.82, 2.24) is 0 Å². The average molecular weight is 190 g/mol. The predicted octanol–water partition coefficient (Wildman–Crippen LogP) is 2.67. The molecule has 1 aromatic rings. The van der Waals surface area contributed by atoms with E-state index in [1.54, 1.807) is 0 Å². The Bertz CT molecular complexity index is 277. The van der Waals surface area contributed by atoms with Crippen molar-refractivity contribution in [2.75, 3.05) is 23.7 Å². The third-order valence-corrected chi connectivity index (χ3v) is 2.24. The lowest BCUT2D eigenvalue weighted by molar-refractivity contribution is 0.823. The lowest BCUT2D eigenvalue weighted by Gasteiger charge is -2.22. The molecule has 0 spiro atoms. The van der Waals surface area contributed by atoms with E-state index in [4.69, 9.17) is 5.73 Å². The molecule has 0 aliphatic rings. The lowest BCUT2D eigenvalue weighted by atomic mass is 10.2. The van der Waals surface area contributed by atoms with E-state index >= 15 is 0 Å². The molecule has 0 atom stereocenters. The van der Waals surface area contributed by atoms with Crippen LogP contribution in [0.1, 0.15) is 13.3 Å². The molecule has 0 amide bonds. The molecule has 0 aliphatic heterocycles. The van der Waals surface area contributed by atoms with Crippen molar-refractivity contribution in [3.63, 3.8) is 0 Å². The van der Waals surface area contributed by atoms with Crippen LogP contribution in [0.3, 0.4) is 0 Å². The number of nitrogens with zero attached hydrogens (tertiary/aromatic N) is 1. The fraction of sp³-hybridized carbons (Fsp3) is 0.333. The van der Waals surface area contributed by atoms with Gasteiger partial charge in [0.2, 0.25) is 0 Å². The molecule has 2 heteroatoms. The maximum atomic E-state index is 5.63. The predicted molar refractivity (Wildman–Crippen MR) is 63.6 cm³/mol. The van der Waals surface area contributed by atoms with Gasteiger partial charge in [0.05, 0.1) is 0 Å². The molecule has 0 radical (unpaired) electrons. The first kappa shape index (κ1) is 10.6. The summed E-state index contributed by atoms with van der Waals surface area (Å²) in [5.74, 6) is 0. The van der Waals surface area contributed by atoms with Crippen LogP contribution in [0.5, 0.6) is 0 Å². The zero-order valence-corrected chi connectivity index (χ0v) is 8.74. The van der Waals surface area contributed by atoms with Gasteiger partial charge < -0.3 is 10.6 Å². The standard InChI is InChI=1S/C12H18N2/c1-3-5-10-14(4-2)12-8-6-11(13)7-9-12/h3,6-9H,1,4-5,10,13H2,2H3. The van der Waals surface area contributed by atoms with Gasteiger partial charge in [-0.3, -0.25) is 0 Å². The normalized spacial score (nSPS) is 9.79. The molecule has 0 heterocycles. The van der Waals surface area contributed by atoms with Crippen molar-refractivity contribution in [3.8, 4) is 0 Å². The van der Waals surface area contributed by atoms with E-state index in [9.17, 15) is 0 Å². The molecule has 0 saturated heterocycles. The number of benzene rings is 1. The van der Waals surface area contributed by atoms with Crippen LogP contribution < -0.4 is 10.6 Å². The summed E-state index contributed by atoms with van der Waals surface area (Å²) >= 11 is 0. The first-order valence-corrected chi connectivity index (χ1v) is 4.99. The first-order valence-electron chi connectivity index (χ1n) is 4.99. The Morgan fingerprint density at radius 1 is 1.36 bits per heavy atom. The highest BCUT2D eigenvalue weighted by molar-refractivity contribution is 5.52. The average Bonchev–Trinajstić information content (AvgIpc) is 2.21. The second-order valence-electron chi connectivity index (χ2n) is 3.25. The van der Waals surface area contributed by atoms with Gasteiger partial charge in [0.1, 0.15) is 0 Å². The summed E-state index contributed by atoms with van der Waals surface area (Å²) in [6, 6.07) is 7.99. The van der Waals surface area contributed by atoms with Crippen LogP contribution in [0.15, 0.2) is 36.9 Å². The van der Waals surface area contributed by atoms with Gasteiger partial charge in [-0.05, 0) is 37.6 Å². The number of hydrogen-bond donors (Lipinski definition) is 1. The molecule has 2 nitrogen and oxygen atoms in total. The summed E-state index contributed by atoms with van der Waals surface area (Å²) in [7, 11) is 0. The molecule has 0 aliphatic carbocycles. The Kier molecular flexibility index (Phi) is 4.05. The van der Waals surface area contributed by atoms with E-state index in [1.165, 1.54) is 5.69 Å². The van der Waals surface area contributed by atoms with Crippen LogP contribution in [0.25, 0.3) is 0 Å². The minimum Gasteiger partial charge on any atom is -0.399 e. The Hall–Kier alpha value is -1.44. The van der Waals surface area contributed by atoms with Gasteiger partial charge in [-0.1, -0.05) is 6.08 Å². The summed E-state index contributed by atoms with van der Waals surface area (Å²) < 4.78 is 0. The zero-order chi connectivity index (χ0) is 10.4. The van der Waals surface area contributed by atoms with E-state index in [2.05, 4.69) is 30.5 Å². The molecule has 14 heavy (non-hydrogen) atoms. The number of rotatable bonds is 5. The van der Waals surface area contributed by atoms with E-state index in [1.807, 2.05) is 18.2 Å². The van der Waals surface area contributed by atoms with Gasteiger partial charge in [0.25, 0.3) is 0 Å². The third kappa shape index (κ3) is 2.80. The highest BCUT2D eigenvalue weighted by Gasteiger charge is 2.01. The third-order valence-electron chi connectivity index (χ3n) is 2.24. The maximum absolute atomic E-state index is 5.63. The van der Waals surface area contributed by atoms with Crippen LogP contribution in [-0.4, -0.2) is 13.1 Å². The number of anilines is 2. The maximum Gasteiger partial charge on any atom is 0.0367 e. The zero-order valence-electron chi connectivity index (χ0n) is 8.74. The summed E-state index contributed by atoms with van der Waals surface area (Å²) in [6.07, 6.45) is 2.96. The minimum atomic E-state index is 0.813.